The molecule has 1 aromatic heterocycles. The molecule has 1 saturated heterocycles. The molecule has 6 rings (SSSR count). The molecular formula is C32H37F2N3O2. The highest BCUT2D eigenvalue weighted by molar-refractivity contribution is 5.90. The van der Waals surface area contributed by atoms with E-state index in [0.29, 0.717) is 29.8 Å². The van der Waals surface area contributed by atoms with Crippen molar-refractivity contribution >= 4 is 11.6 Å². The Bertz CT molecular complexity index is 1290. The Hall–Kier alpha value is -3.06. The molecule has 3 aromatic rings. The molecule has 2 aliphatic carbocycles. The third kappa shape index (κ3) is 5.79. The first kappa shape index (κ1) is 26.2. The molecule has 2 heterocycles. The van der Waals surface area contributed by atoms with Crippen LogP contribution >= 0.6 is 0 Å². The van der Waals surface area contributed by atoms with Gasteiger partial charge >= 0.3 is 0 Å². The zero-order chi connectivity index (χ0) is 26.8. The summed E-state index contributed by atoms with van der Waals surface area (Å²) in [5.41, 5.74) is 2.94. The fourth-order valence-electron chi connectivity index (χ4n) is 7.29. The number of benzene rings is 2. The summed E-state index contributed by atoms with van der Waals surface area (Å²) in [6, 6.07) is 12.2. The summed E-state index contributed by atoms with van der Waals surface area (Å²) in [6.07, 6.45) is 12.9. The molecule has 3 fully saturated rings. The third-order valence-corrected chi connectivity index (χ3v) is 9.46. The lowest BCUT2D eigenvalue weighted by Gasteiger charge is -2.34. The van der Waals surface area contributed by atoms with E-state index in [1.807, 2.05) is 0 Å². The molecule has 1 aliphatic heterocycles. The molecule has 4 atom stereocenters. The molecular weight excluding hydrogens is 496 g/mol. The lowest BCUT2D eigenvalue weighted by molar-refractivity contribution is -0.117. The van der Waals surface area contributed by atoms with E-state index < -0.39 is 11.6 Å². The second kappa shape index (κ2) is 11.2. The van der Waals surface area contributed by atoms with Crippen LogP contribution in [0.4, 0.5) is 14.5 Å². The van der Waals surface area contributed by atoms with Gasteiger partial charge in [0.25, 0.3) is 0 Å². The number of fused-ring (bicyclic) bond motifs is 1. The maximum absolute atomic E-state index is 13.7. The van der Waals surface area contributed by atoms with E-state index in [2.05, 4.69) is 39.5 Å². The smallest absolute Gasteiger partial charge is 0.225 e. The number of aromatic nitrogens is 1. The first-order valence-corrected chi connectivity index (χ1v) is 14.5. The van der Waals surface area contributed by atoms with Crippen LogP contribution in [0.15, 0.2) is 59.3 Å². The average Bonchev–Trinajstić information content (AvgIpc) is 3.27. The first-order valence-electron chi connectivity index (χ1n) is 14.5. The van der Waals surface area contributed by atoms with E-state index in [9.17, 15) is 13.6 Å². The van der Waals surface area contributed by atoms with Crippen LogP contribution in [0.3, 0.4) is 0 Å². The van der Waals surface area contributed by atoms with Gasteiger partial charge in [-0.25, -0.2) is 13.8 Å². The molecule has 2 unspecified atom stereocenters. The van der Waals surface area contributed by atoms with Gasteiger partial charge in [-0.2, -0.15) is 0 Å². The lowest BCUT2D eigenvalue weighted by Crippen LogP contribution is -2.29. The number of carbonyl (C=O) groups excluding carboxylic acids is 1. The number of hydrogen-bond acceptors (Lipinski definition) is 4. The molecule has 1 amide bonds. The average molecular weight is 534 g/mol. The highest BCUT2D eigenvalue weighted by Crippen LogP contribution is 2.64. The third-order valence-electron chi connectivity index (χ3n) is 9.46. The van der Waals surface area contributed by atoms with Gasteiger partial charge in [0.05, 0.1) is 6.20 Å². The summed E-state index contributed by atoms with van der Waals surface area (Å²) < 4.78 is 32.6. The van der Waals surface area contributed by atoms with Crippen molar-refractivity contribution in [2.45, 2.75) is 63.2 Å². The first-order chi connectivity index (χ1) is 19.0. The molecule has 1 N–H and O–H groups in total. The minimum absolute atomic E-state index is 0.113. The van der Waals surface area contributed by atoms with Gasteiger partial charge in [-0.15, -0.1) is 0 Å². The number of rotatable bonds is 10. The van der Waals surface area contributed by atoms with E-state index in [1.54, 1.807) is 12.5 Å². The largest absolute Gasteiger partial charge is 0.445 e. The fraction of sp³-hybridized carbons (Fsp3) is 0.500. The van der Waals surface area contributed by atoms with Crippen molar-refractivity contribution in [3.05, 3.63) is 72.1 Å². The normalized spacial score (nSPS) is 25.3. The van der Waals surface area contributed by atoms with Crippen LogP contribution in [0, 0.1) is 29.4 Å². The number of halogens is 2. The quantitative estimate of drug-likeness (QED) is 0.299. The molecule has 2 aromatic carbocycles. The van der Waals surface area contributed by atoms with Crippen LogP contribution in [-0.2, 0) is 10.2 Å². The van der Waals surface area contributed by atoms with Crippen LogP contribution in [0.25, 0.3) is 11.5 Å². The van der Waals surface area contributed by atoms with Crippen LogP contribution in [0.2, 0.25) is 0 Å². The highest BCUT2D eigenvalue weighted by Gasteiger charge is 2.58. The number of likely N-dealkylation sites (tertiary alicyclic amines) is 1. The van der Waals surface area contributed by atoms with Gasteiger partial charge in [0.2, 0.25) is 11.8 Å². The Labute approximate surface area is 229 Å². The molecule has 5 nitrogen and oxygen atoms in total. The predicted molar refractivity (Wildman–Crippen MR) is 147 cm³/mol. The summed E-state index contributed by atoms with van der Waals surface area (Å²) in [4.78, 5) is 19.9. The molecule has 0 radical (unpaired) electrons. The SMILES string of the molecule is O=C(CC(CCCN1CCCC1)[C@@H]1CC[C@@]2(c3cccc(-c4ncco4)c3)CC2C1)Nc1ccc(F)c(F)c1. The summed E-state index contributed by atoms with van der Waals surface area (Å²) in [5, 5.41) is 2.81. The van der Waals surface area contributed by atoms with Crippen molar-refractivity contribution in [3.8, 4) is 11.5 Å². The van der Waals surface area contributed by atoms with Gasteiger partial charge < -0.3 is 14.6 Å². The maximum Gasteiger partial charge on any atom is 0.225 e. The van der Waals surface area contributed by atoms with Crippen LogP contribution in [0.5, 0.6) is 0 Å². The van der Waals surface area contributed by atoms with E-state index >= 15 is 0 Å². The monoisotopic (exact) mass is 533 g/mol. The maximum atomic E-state index is 13.7. The molecule has 7 heteroatoms. The number of amides is 1. The Morgan fingerprint density at radius 1 is 1.15 bits per heavy atom. The summed E-state index contributed by atoms with van der Waals surface area (Å²) in [6.45, 7) is 3.46. The van der Waals surface area contributed by atoms with Crippen molar-refractivity contribution in [2.24, 2.45) is 17.8 Å². The fourth-order valence-corrected chi connectivity index (χ4v) is 7.29. The standard InChI is InChI=1S/C32H37F2N3O2/c33-28-9-8-27(20-29(28)34)36-30(38)19-22(6-4-15-37-13-1-2-14-37)23-10-11-32(21-26(32)17-23)25-7-3-5-24(18-25)31-35-12-16-39-31/h3,5,7-9,12,16,18,20,22-23,26H,1-2,4,6,10-11,13-15,17,19,21H2,(H,36,38)/t22?,23-,26?,32+/m1/s1. The van der Waals surface area contributed by atoms with Crippen molar-refractivity contribution < 1.29 is 18.0 Å². The second-order valence-corrected chi connectivity index (χ2v) is 11.8. The van der Waals surface area contributed by atoms with Crippen molar-refractivity contribution in [3.63, 3.8) is 0 Å². The predicted octanol–water partition coefficient (Wildman–Crippen LogP) is 7.20. The van der Waals surface area contributed by atoms with Gasteiger partial charge in [0.15, 0.2) is 11.6 Å². The number of anilines is 1. The van der Waals surface area contributed by atoms with Gasteiger partial charge in [-0.3, -0.25) is 4.79 Å². The molecule has 0 spiro atoms. The van der Waals surface area contributed by atoms with E-state index in [-0.39, 0.29) is 17.2 Å². The minimum atomic E-state index is -0.945. The van der Waals surface area contributed by atoms with Crippen LogP contribution in [-0.4, -0.2) is 35.4 Å². The van der Waals surface area contributed by atoms with Gasteiger partial charge in [-0.05, 0) is 124 Å². The number of carbonyl (C=O) groups is 1. The Morgan fingerprint density at radius 2 is 2.03 bits per heavy atom. The molecule has 0 bridgehead atoms. The Morgan fingerprint density at radius 3 is 2.79 bits per heavy atom. The van der Waals surface area contributed by atoms with Crippen molar-refractivity contribution in [2.75, 3.05) is 25.0 Å². The van der Waals surface area contributed by atoms with Gasteiger partial charge in [0, 0.05) is 23.7 Å². The number of hydrogen-bond donors (Lipinski definition) is 1. The van der Waals surface area contributed by atoms with Crippen molar-refractivity contribution in [1.29, 1.82) is 0 Å². The van der Waals surface area contributed by atoms with Gasteiger partial charge in [0.1, 0.15) is 6.26 Å². The molecule has 3 aliphatic rings. The highest BCUT2D eigenvalue weighted by atomic mass is 19.2. The van der Waals surface area contributed by atoms with Gasteiger partial charge in [-0.1, -0.05) is 12.1 Å². The number of nitrogens with zero attached hydrogens (tertiary/aromatic N) is 2. The van der Waals surface area contributed by atoms with E-state index in [0.717, 1.165) is 56.3 Å². The van der Waals surface area contributed by atoms with E-state index in [1.165, 1.54) is 44.0 Å². The van der Waals surface area contributed by atoms with Crippen molar-refractivity contribution in [1.82, 2.24) is 9.88 Å². The van der Waals surface area contributed by atoms with Crippen LogP contribution in [0.1, 0.15) is 63.4 Å². The number of oxazole rings is 1. The summed E-state index contributed by atoms with van der Waals surface area (Å²) in [5.74, 6) is 0.104. The molecule has 2 saturated carbocycles. The number of nitrogens with one attached hydrogen (secondary N) is 1. The van der Waals surface area contributed by atoms with Crippen LogP contribution < -0.4 is 5.32 Å². The molecule has 206 valence electrons. The Kier molecular flexibility index (Phi) is 7.52. The summed E-state index contributed by atoms with van der Waals surface area (Å²) in [7, 11) is 0. The minimum Gasteiger partial charge on any atom is -0.445 e. The second-order valence-electron chi connectivity index (χ2n) is 11.8. The topological polar surface area (TPSA) is 58.4 Å². The van der Waals surface area contributed by atoms with E-state index in [4.69, 9.17) is 4.42 Å². The lowest BCUT2D eigenvalue weighted by atomic mass is 9.71. The zero-order valence-electron chi connectivity index (χ0n) is 22.4. The summed E-state index contributed by atoms with van der Waals surface area (Å²) >= 11 is 0. The zero-order valence-corrected chi connectivity index (χ0v) is 22.4. The Balaban J connectivity index is 1.12. The molecule has 39 heavy (non-hydrogen) atoms.